The molecule has 0 radical (unpaired) electrons. The number of ether oxygens (including phenoxy) is 1. The van der Waals surface area contributed by atoms with Crippen molar-refractivity contribution in [3.05, 3.63) is 28.5 Å². The van der Waals surface area contributed by atoms with Gasteiger partial charge in [0.15, 0.2) is 6.10 Å². The Labute approximate surface area is 115 Å². The van der Waals surface area contributed by atoms with E-state index in [1.807, 2.05) is 13.8 Å². The molecular weight excluding hydrogens is 301 g/mol. The molecule has 3 nitrogen and oxygen atoms in total. The molecule has 0 fully saturated rings. The fourth-order valence-corrected chi connectivity index (χ4v) is 1.94. The minimum Gasteiger partial charge on any atom is -0.480 e. The number of amides is 1. The summed E-state index contributed by atoms with van der Waals surface area (Å²) in [6.07, 6.45) is -0.636. The number of hydrogen-bond donors (Lipinski definition) is 0. The molecule has 0 bridgehead atoms. The molecule has 1 amide bonds. The van der Waals surface area contributed by atoms with Gasteiger partial charge in [-0.15, -0.1) is 0 Å². The molecule has 0 saturated carbocycles. The van der Waals surface area contributed by atoms with Crippen LogP contribution in [0.25, 0.3) is 0 Å². The van der Waals surface area contributed by atoms with Crippen molar-refractivity contribution in [1.29, 1.82) is 0 Å². The Balaban J connectivity index is 2.77. The van der Waals surface area contributed by atoms with Gasteiger partial charge in [-0.25, -0.2) is 4.39 Å². The molecule has 1 aromatic carbocycles. The van der Waals surface area contributed by atoms with Crippen LogP contribution in [0.4, 0.5) is 4.39 Å². The summed E-state index contributed by atoms with van der Waals surface area (Å²) in [4.78, 5) is 13.7. The van der Waals surface area contributed by atoms with Crippen molar-refractivity contribution in [2.24, 2.45) is 0 Å². The Bertz CT molecular complexity index is 421. The van der Waals surface area contributed by atoms with E-state index in [0.717, 1.165) is 0 Å². The number of carbonyl (C=O) groups is 1. The third kappa shape index (κ3) is 3.70. The van der Waals surface area contributed by atoms with Gasteiger partial charge in [0.2, 0.25) is 0 Å². The van der Waals surface area contributed by atoms with E-state index in [2.05, 4.69) is 15.9 Å². The van der Waals surface area contributed by atoms with Crippen molar-refractivity contribution >= 4 is 21.8 Å². The minimum atomic E-state index is -0.636. The first kappa shape index (κ1) is 15.0. The van der Waals surface area contributed by atoms with Gasteiger partial charge in [0.05, 0.1) is 4.47 Å². The Morgan fingerprint density at radius 1 is 1.44 bits per heavy atom. The predicted octanol–water partition coefficient (Wildman–Crippen LogP) is 3.22. The number of hydrogen-bond acceptors (Lipinski definition) is 2. The van der Waals surface area contributed by atoms with Gasteiger partial charge in [0.25, 0.3) is 5.91 Å². The highest BCUT2D eigenvalue weighted by atomic mass is 79.9. The second-order valence-corrected chi connectivity index (χ2v) is 4.70. The van der Waals surface area contributed by atoms with Crippen LogP contribution in [0.2, 0.25) is 0 Å². The molecule has 0 aliphatic heterocycles. The largest absolute Gasteiger partial charge is 0.480 e. The summed E-state index contributed by atoms with van der Waals surface area (Å²) in [6.45, 7) is 6.75. The van der Waals surface area contributed by atoms with Crippen molar-refractivity contribution < 1.29 is 13.9 Å². The molecule has 0 aliphatic carbocycles. The summed E-state index contributed by atoms with van der Waals surface area (Å²) in [7, 11) is 0. The molecule has 100 valence electrons. The van der Waals surface area contributed by atoms with Crippen LogP contribution in [0.5, 0.6) is 5.75 Å². The van der Waals surface area contributed by atoms with E-state index in [4.69, 9.17) is 4.74 Å². The van der Waals surface area contributed by atoms with Crippen LogP contribution in [-0.4, -0.2) is 30.0 Å². The molecule has 0 aliphatic rings. The average Bonchev–Trinajstić information content (AvgIpc) is 2.35. The topological polar surface area (TPSA) is 29.5 Å². The number of rotatable bonds is 5. The van der Waals surface area contributed by atoms with Crippen molar-refractivity contribution in [3.63, 3.8) is 0 Å². The first-order valence-electron chi connectivity index (χ1n) is 5.90. The second-order valence-electron chi connectivity index (χ2n) is 3.85. The molecule has 18 heavy (non-hydrogen) atoms. The van der Waals surface area contributed by atoms with Crippen molar-refractivity contribution in [2.45, 2.75) is 26.9 Å². The molecule has 0 spiro atoms. The van der Waals surface area contributed by atoms with E-state index >= 15 is 0 Å². The molecule has 0 heterocycles. The third-order valence-corrected chi connectivity index (χ3v) is 3.27. The molecule has 0 N–H and O–H groups in total. The SMILES string of the molecule is CCN(CC)C(=O)C(C)Oc1cc(F)ccc1Br. The highest BCUT2D eigenvalue weighted by molar-refractivity contribution is 9.10. The Hall–Kier alpha value is -1.10. The zero-order valence-electron chi connectivity index (χ0n) is 10.7. The smallest absolute Gasteiger partial charge is 0.263 e. The number of halogens is 2. The predicted molar refractivity (Wildman–Crippen MR) is 72.1 cm³/mol. The zero-order valence-corrected chi connectivity index (χ0v) is 12.3. The zero-order chi connectivity index (χ0) is 13.7. The normalized spacial score (nSPS) is 12.1. The fourth-order valence-electron chi connectivity index (χ4n) is 1.60. The molecule has 1 atom stereocenters. The monoisotopic (exact) mass is 317 g/mol. The summed E-state index contributed by atoms with van der Waals surface area (Å²) in [6, 6.07) is 4.14. The van der Waals surface area contributed by atoms with Crippen molar-refractivity contribution in [1.82, 2.24) is 4.90 Å². The van der Waals surface area contributed by atoms with Gasteiger partial charge in [-0.1, -0.05) is 0 Å². The minimum absolute atomic E-state index is 0.101. The van der Waals surface area contributed by atoms with Crippen LogP contribution in [0.15, 0.2) is 22.7 Å². The van der Waals surface area contributed by atoms with E-state index in [1.165, 1.54) is 12.1 Å². The summed E-state index contributed by atoms with van der Waals surface area (Å²) < 4.78 is 19.2. The first-order valence-corrected chi connectivity index (χ1v) is 6.69. The fraction of sp³-hybridized carbons (Fsp3) is 0.462. The van der Waals surface area contributed by atoms with E-state index < -0.39 is 11.9 Å². The lowest BCUT2D eigenvalue weighted by atomic mass is 10.3. The molecule has 0 saturated heterocycles. The number of nitrogens with zero attached hydrogens (tertiary/aromatic N) is 1. The maximum Gasteiger partial charge on any atom is 0.263 e. The molecule has 0 aromatic heterocycles. The number of likely N-dealkylation sites (N-methyl/N-ethyl adjacent to an activating group) is 1. The highest BCUT2D eigenvalue weighted by Gasteiger charge is 2.20. The van der Waals surface area contributed by atoms with Crippen molar-refractivity contribution in [2.75, 3.05) is 13.1 Å². The van der Waals surface area contributed by atoms with Gasteiger partial charge in [0, 0.05) is 19.2 Å². The van der Waals surface area contributed by atoms with Crippen molar-refractivity contribution in [3.8, 4) is 5.75 Å². The molecule has 5 heteroatoms. The van der Waals surface area contributed by atoms with Crippen LogP contribution in [-0.2, 0) is 4.79 Å². The van der Waals surface area contributed by atoms with Gasteiger partial charge < -0.3 is 9.64 Å². The summed E-state index contributed by atoms with van der Waals surface area (Å²) in [5, 5.41) is 0. The van der Waals surface area contributed by atoms with Crippen LogP contribution in [0.3, 0.4) is 0 Å². The summed E-state index contributed by atoms with van der Waals surface area (Å²) in [5.41, 5.74) is 0. The first-order chi connectivity index (χ1) is 8.49. The quantitative estimate of drug-likeness (QED) is 0.834. The van der Waals surface area contributed by atoms with E-state index in [-0.39, 0.29) is 5.91 Å². The van der Waals surface area contributed by atoms with Crippen LogP contribution in [0, 0.1) is 5.82 Å². The lowest BCUT2D eigenvalue weighted by Crippen LogP contribution is -2.40. The van der Waals surface area contributed by atoms with Gasteiger partial charge in [-0.05, 0) is 48.8 Å². The van der Waals surface area contributed by atoms with Gasteiger partial charge in [-0.2, -0.15) is 0 Å². The Morgan fingerprint density at radius 2 is 2.06 bits per heavy atom. The van der Waals surface area contributed by atoms with Crippen LogP contribution >= 0.6 is 15.9 Å². The number of benzene rings is 1. The van der Waals surface area contributed by atoms with E-state index in [0.29, 0.717) is 23.3 Å². The van der Waals surface area contributed by atoms with Gasteiger partial charge in [-0.3, -0.25) is 4.79 Å². The maximum absolute atomic E-state index is 13.1. The van der Waals surface area contributed by atoms with Gasteiger partial charge in [0.1, 0.15) is 11.6 Å². The lowest BCUT2D eigenvalue weighted by molar-refractivity contribution is -0.137. The summed E-state index contributed by atoms with van der Waals surface area (Å²) in [5.74, 6) is -0.158. The third-order valence-electron chi connectivity index (χ3n) is 2.62. The molecule has 1 rings (SSSR count). The van der Waals surface area contributed by atoms with Crippen LogP contribution < -0.4 is 4.74 Å². The van der Waals surface area contributed by atoms with Gasteiger partial charge >= 0.3 is 0 Å². The second kappa shape index (κ2) is 6.73. The Kier molecular flexibility index (Phi) is 5.59. The number of carbonyl (C=O) groups excluding carboxylic acids is 1. The van der Waals surface area contributed by atoms with Crippen LogP contribution in [0.1, 0.15) is 20.8 Å². The standard InChI is InChI=1S/C13H17BrFNO2/c1-4-16(5-2)13(17)9(3)18-12-8-10(15)6-7-11(12)14/h6-9H,4-5H2,1-3H3. The molecule has 1 unspecified atom stereocenters. The van der Waals surface area contributed by atoms with E-state index in [9.17, 15) is 9.18 Å². The lowest BCUT2D eigenvalue weighted by Gasteiger charge is -2.23. The summed E-state index contributed by atoms with van der Waals surface area (Å²) >= 11 is 3.26. The Morgan fingerprint density at radius 3 is 2.61 bits per heavy atom. The molecule has 1 aromatic rings. The van der Waals surface area contributed by atoms with E-state index in [1.54, 1.807) is 17.9 Å². The highest BCUT2D eigenvalue weighted by Crippen LogP contribution is 2.26. The average molecular weight is 318 g/mol. The maximum atomic E-state index is 13.1. The molecular formula is C13H17BrFNO2.